The second-order valence-corrected chi connectivity index (χ2v) is 5.98. The van der Waals surface area contributed by atoms with Crippen molar-refractivity contribution >= 4 is 23.3 Å². The van der Waals surface area contributed by atoms with Crippen molar-refractivity contribution in [1.29, 1.82) is 0 Å². The van der Waals surface area contributed by atoms with Crippen LogP contribution < -0.4 is 14.8 Å². The lowest BCUT2D eigenvalue weighted by Crippen LogP contribution is -2.29. The number of hydrogen-bond donors (Lipinski definition) is 1. The van der Waals surface area contributed by atoms with Gasteiger partial charge in [0.25, 0.3) is 5.78 Å². The molecule has 1 aliphatic heterocycles. The number of benzene rings is 1. The van der Waals surface area contributed by atoms with Gasteiger partial charge in [0.2, 0.25) is 12.7 Å². The Morgan fingerprint density at radius 2 is 1.91 bits per heavy atom. The molecule has 0 bridgehead atoms. The number of carbonyl (C=O) groups is 3. The highest BCUT2D eigenvalue weighted by molar-refractivity contribution is 6.43. The first kappa shape index (κ1) is 16.8. The van der Waals surface area contributed by atoms with E-state index < -0.39 is 17.2 Å². The van der Waals surface area contributed by atoms with Crippen LogP contribution in [0.25, 0.3) is 0 Å². The van der Waals surface area contributed by atoms with E-state index in [-0.39, 0.29) is 36.3 Å². The molecule has 23 heavy (non-hydrogen) atoms. The van der Waals surface area contributed by atoms with Gasteiger partial charge in [-0.15, -0.1) is 0 Å². The number of Topliss-reactive ketones (excluding diaryl/α,β-unsaturated/α-hetero) is 1. The first-order valence-electron chi connectivity index (χ1n) is 7.21. The maximum Gasteiger partial charge on any atom is 0.379 e. The van der Waals surface area contributed by atoms with Crippen LogP contribution in [0, 0.1) is 5.41 Å². The largest absolute Gasteiger partial charge is 0.460 e. The number of fused-ring (bicyclic) bond motifs is 1. The number of ether oxygens (including phenoxy) is 3. The fraction of sp³-hybridized carbons (Fsp3) is 0.438. The molecular weight excluding hydrogens is 302 g/mol. The lowest BCUT2D eigenvalue weighted by Gasteiger charge is -2.19. The summed E-state index contributed by atoms with van der Waals surface area (Å²) in [6.45, 7) is 6.82. The molecule has 7 nitrogen and oxygen atoms in total. The first-order chi connectivity index (χ1) is 10.8. The molecule has 0 fully saturated rings. The fourth-order valence-corrected chi connectivity index (χ4v) is 1.91. The van der Waals surface area contributed by atoms with Crippen LogP contribution in [0.1, 0.15) is 38.1 Å². The van der Waals surface area contributed by atoms with Gasteiger partial charge in [0.15, 0.2) is 11.5 Å². The summed E-state index contributed by atoms with van der Waals surface area (Å²) in [5.41, 5.74) is -0.538. The molecule has 0 atom stereocenters. The van der Waals surface area contributed by atoms with E-state index in [1.807, 2.05) is 0 Å². The van der Waals surface area contributed by atoms with Gasteiger partial charge in [-0.1, -0.05) is 20.8 Å². The van der Waals surface area contributed by atoms with Crippen LogP contribution >= 0.6 is 0 Å². The number of carbonyl (C=O) groups excluding carboxylic acids is 3. The number of ketones is 1. The zero-order valence-corrected chi connectivity index (χ0v) is 13.5. The highest BCUT2D eigenvalue weighted by atomic mass is 16.7. The van der Waals surface area contributed by atoms with Gasteiger partial charge in [-0.05, 0) is 19.1 Å². The highest BCUT2D eigenvalue weighted by Gasteiger charge is 2.32. The summed E-state index contributed by atoms with van der Waals surface area (Å²) in [4.78, 5) is 36.4. The monoisotopic (exact) mass is 321 g/mol. The van der Waals surface area contributed by atoms with E-state index in [2.05, 4.69) is 5.32 Å². The Bertz CT molecular complexity index is 659. The van der Waals surface area contributed by atoms with Crippen molar-refractivity contribution in [3.63, 3.8) is 0 Å². The molecule has 0 aliphatic carbocycles. The quantitative estimate of drug-likeness (QED) is 0.519. The highest BCUT2D eigenvalue weighted by Crippen LogP contribution is 2.40. The number of rotatable bonds is 4. The molecule has 1 heterocycles. The molecule has 1 N–H and O–H groups in total. The lowest BCUT2D eigenvalue weighted by molar-refractivity contribution is -0.137. The average Bonchev–Trinajstić information content (AvgIpc) is 2.94. The third-order valence-corrected chi connectivity index (χ3v) is 3.16. The molecule has 0 spiro atoms. The van der Waals surface area contributed by atoms with Crippen molar-refractivity contribution < 1.29 is 28.6 Å². The molecule has 0 aromatic heterocycles. The van der Waals surface area contributed by atoms with Crippen molar-refractivity contribution in [1.82, 2.24) is 0 Å². The zero-order valence-electron chi connectivity index (χ0n) is 13.5. The second kappa shape index (κ2) is 6.28. The maximum atomic E-state index is 12.4. The van der Waals surface area contributed by atoms with Gasteiger partial charge in [-0.25, -0.2) is 4.79 Å². The summed E-state index contributed by atoms with van der Waals surface area (Å²) in [6.07, 6.45) is 0. The van der Waals surface area contributed by atoms with Gasteiger partial charge >= 0.3 is 5.97 Å². The van der Waals surface area contributed by atoms with E-state index >= 15 is 0 Å². The molecule has 0 radical (unpaired) electrons. The lowest BCUT2D eigenvalue weighted by atomic mass is 9.95. The molecular formula is C16H19NO6. The van der Waals surface area contributed by atoms with Crippen molar-refractivity contribution in [3.8, 4) is 11.5 Å². The van der Waals surface area contributed by atoms with E-state index in [9.17, 15) is 14.4 Å². The molecule has 0 saturated carbocycles. The molecule has 2 rings (SSSR count). The number of nitrogens with one attached hydrogen (secondary N) is 1. The Morgan fingerprint density at radius 1 is 1.22 bits per heavy atom. The van der Waals surface area contributed by atoms with Crippen LogP contribution in [-0.4, -0.2) is 31.1 Å². The molecule has 1 aliphatic rings. The molecule has 0 unspecified atom stereocenters. The van der Waals surface area contributed by atoms with E-state index in [4.69, 9.17) is 14.2 Å². The molecule has 124 valence electrons. The molecule has 7 heteroatoms. The summed E-state index contributed by atoms with van der Waals surface area (Å²) in [6, 6.07) is 3.08. The van der Waals surface area contributed by atoms with Crippen molar-refractivity contribution in [3.05, 3.63) is 17.7 Å². The Balaban J connectivity index is 2.45. The SMILES string of the molecule is CCOC(=O)C(=O)c1c(NC(=O)C(C)(C)C)ccc2c1OCO2. The smallest absolute Gasteiger partial charge is 0.379 e. The Labute approximate surface area is 133 Å². The molecule has 1 amide bonds. The minimum Gasteiger partial charge on any atom is -0.460 e. The van der Waals surface area contributed by atoms with Gasteiger partial charge in [0.1, 0.15) is 0 Å². The van der Waals surface area contributed by atoms with Crippen LogP contribution in [-0.2, 0) is 14.3 Å². The zero-order chi connectivity index (χ0) is 17.2. The summed E-state index contributed by atoms with van der Waals surface area (Å²) >= 11 is 0. The van der Waals surface area contributed by atoms with Crippen molar-refractivity contribution in [2.24, 2.45) is 5.41 Å². The van der Waals surface area contributed by atoms with Crippen LogP contribution in [0.5, 0.6) is 11.5 Å². The standard InChI is InChI=1S/C16H19NO6/c1-5-21-14(19)12(18)11-9(17-15(20)16(2,3)4)6-7-10-13(11)23-8-22-10/h6-7H,5,8H2,1-4H3,(H,17,20). The third kappa shape index (κ3) is 3.44. The average molecular weight is 321 g/mol. The van der Waals surface area contributed by atoms with Gasteiger partial charge in [0, 0.05) is 5.41 Å². The number of anilines is 1. The van der Waals surface area contributed by atoms with E-state index in [1.165, 1.54) is 6.07 Å². The molecule has 1 aromatic carbocycles. The van der Waals surface area contributed by atoms with Crippen molar-refractivity contribution in [2.75, 3.05) is 18.7 Å². The van der Waals surface area contributed by atoms with Crippen LogP contribution in [0.3, 0.4) is 0 Å². The van der Waals surface area contributed by atoms with E-state index in [0.717, 1.165) is 0 Å². The Hall–Kier alpha value is -2.57. The second-order valence-electron chi connectivity index (χ2n) is 5.98. The third-order valence-electron chi connectivity index (χ3n) is 3.16. The number of amides is 1. The summed E-state index contributed by atoms with van der Waals surface area (Å²) < 4.78 is 15.2. The predicted molar refractivity (Wildman–Crippen MR) is 81.6 cm³/mol. The molecule has 1 aromatic rings. The molecule has 0 saturated heterocycles. The predicted octanol–water partition coefficient (Wildman–Crippen LogP) is 2.15. The number of esters is 1. The minimum atomic E-state index is -1.01. The van der Waals surface area contributed by atoms with Gasteiger partial charge in [0.05, 0.1) is 17.9 Å². The first-order valence-corrected chi connectivity index (χ1v) is 7.21. The fourth-order valence-electron chi connectivity index (χ4n) is 1.91. The van der Waals surface area contributed by atoms with Crippen LogP contribution in [0.2, 0.25) is 0 Å². The maximum absolute atomic E-state index is 12.4. The summed E-state index contributed by atoms with van der Waals surface area (Å²) in [5, 5.41) is 2.65. The van der Waals surface area contributed by atoms with Gasteiger partial charge in [-0.2, -0.15) is 0 Å². The summed E-state index contributed by atoms with van der Waals surface area (Å²) in [7, 11) is 0. The normalized spacial score (nSPS) is 12.7. The number of hydrogen-bond acceptors (Lipinski definition) is 6. The van der Waals surface area contributed by atoms with Crippen LogP contribution in [0.4, 0.5) is 5.69 Å². The van der Waals surface area contributed by atoms with Gasteiger partial charge < -0.3 is 19.5 Å². The van der Waals surface area contributed by atoms with E-state index in [0.29, 0.717) is 5.75 Å². The van der Waals surface area contributed by atoms with E-state index in [1.54, 1.807) is 33.8 Å². The van der Waals surface area contributed by atoms with Gasteiger partial charge in [-0.3, -0.25) is 9.59 Å². The van der Waals surface area contributed by atoms with Crippen molar-refractivity contribution in [2.45, 2.75) is 27.7 Å². The minimum absolute atomic E-state index is 0.0592. The Kier molecular flexibility index (Phi) is 4.58. The van der Waals surface area contributed by atoms with Crippen LogP contribution in [0.15, 0.2) is 12.1 Å². The summed E-state index contributed by atoms with van der Waals surface area (Å²) in [5.74, 6) is -1.73. The topological polar surface area (TPSA) is 90.9 Å². The Morgan fingerprint density at radius 3 is 2.52 bits per heavy atom.